The number of quaternary nitrogens is 1. The highest BCUT2D eigenvalue weighted by molar-refractivity contribution is 5.63. The molecule has 0 aromatic carbocycles. The van der Waals surface area contributed by atoms with Crippen LogP contribution in [-0.4, -0.2) is 51.9 Å². The third-order valence-electron chi connectivity index (χ3n) is 0.939. The second-order valence-electron chi connectivity index (χ2n) is 4.77. The normalized spacial score (nSPS) is 12.9. The number of carboxylic acids is 1. The Hall–Kier alpha value is -0.610. The van der Waals surface area contributed by atoms with E-state index in [0.717, 1.165) is 30.5 Å². The Balaban J connectivity index is 0. The predicted octanol–water partition coefficient (Wildman–Crippen LogP) is 0.266. The van der Waals surface area contributed by atoms with Gasteiger partial charge in [-0.05, 0) is 12.8 Å². The highest BCUT2D eigenvalue weighted by atomic mass is 16.6. The van der Waals surface area contributed by atoms with Crippen LogP contribution in [0, 0.1) is 0 Å². The Morgan fingerprint density at radius 3 is 1.67 bits per heavy atom. The summed E-state index contributed by atoms with van der Waals surface area (Å²) in [6.07, 6.45) is 1.87. The van der Waals surface area contributed by atoms with Crippen molar-refractivity contribution in [1.82, 2.24) is 0 Å². The van der Waals surface area contributed by atoms with Crippen LogP contribution < -0.4 is 5.11 Å². The zero-order valence-electron chi connectivity index (χ0n) is 10.7. The number of carboxylic acid groups (broad SMARTS) is 1. The lowest BCUT2D eigenvalue weighted by Crippen LogP contribution is -2.27. The van der Waals surface area contributed by atoms with Gasteiger partial charge in [-0.25, -0.2) is 0 Å². The molecule has 0 aliphatic carbocycles. The highest BCUT2D eigenvalue weighted by Gasteiger charge is 1.94. The molecule has 0 amide bonds. The van der Waals surface area contributed by atoms with Crippen LogP contribution in [-0.2, 0) is 9.53 Å². The summed E-state index contributed by atoms with van der Waals surface area (Å²) in [6.45, 7) is 3.95. The molecule has 0 spiro atoms. The Labute approximate surface area is 93.4 Å². The van der Waals surface area contributed by atoms with E-state index in [-0.39, 0.29) is 6.42 Å². The molecule has 15 heavy (non-hydrogen) atoms. The lowest BCUT2D eigenvalue weighted by atomic mass is 10.3. The number of ether oxygens (including phenoxy) is 1. The molecule has 0 N–H and O–H groups in total. The largest absolute Gasteiger partial charge is 0.550 e. The molecule has 92 valence electrons. The minimum atomic E-state index is -0.943. The first-order valence-corrected chi connectivity index (χ1v) is 5.34. The molecule has 1 saturated heterocycles. The van der Waals surface area contributed by atoms with Gasteiger partial charge >= 0.3 is 0 Å². The van der Waals surface area contributed by atoms with Crippen LogP contribution >= 0.6 is 0 Å². The first-order chi connectivity index (χ1) is 6.77. The van der Waals surface area contributed by atoms with E-state index in [1.807, 2.05) is 6.92 Å². The zero-order chi connectivity index (χ0) is 12.3. The van der Waals surface area contributed by atoms with Gasteiger partial charge in [0.1, 0.15) is 0 Å². The highest BCUT2D eigenvalue weighted by Crippen LogP contribution is 1.89. The van der Waals surface area contributed by atoms with E-state index in [9.17, 15) is 9.90 Å². The minimum absolute atomic E-state index is 0.205. The van der Waals surface area contributed by atoms with Gasteiger partial charge in [-0.15, -0.1) is 0 Å². The van der Waals surface area contributed by atoms with Crippen LogP contribution in [0.1, 0.15) is 26.2 Å². The van der Waals surface area contributed by atoms with Crippen molar-refractivity contribution in [2.24, 2.45) is 0 Å². The van der Waals surface area contributed by atoms with Gasteiger partial charge in [0.15, 0.2) is 0 Å². The van der Waals surface area contributed by atoms with Crippen LogP contribution in [0.3, 0.4) is 0 Å². The Morgan fingerprint density at radius 2 is 1.60 bits per heavy atom. The van der Waals surface area contributed by atoms with Crippen molar-refractivity contribution in [3.8, 4) is 0 Å². The lowest BCUT2D eigenvalue weighted by molar-refractivity contribution is -0.849. The van der Waals surface area contributed by atoms with Crippen LogP contribution in [0.5, 0.6) is 0 Å². The number of rotatable bonds is 3. The van der Waals surface area contributed by atoms with Crippen molar-refractivity contribution in [1.29, 1.82) is 0 Å². The van der Waals surface area contributed by atoms with Crippen molar-refractivity contribution >= 4 is 5.97 Å². The maximum Gasteiger partial charge on any atom is 0.0701 e. The summed E-state index contributed by atoms with van der Waals surface area (Å²) in [6, 6.07) is 0. The SMILES string of the molecule is C1CO1.CCCCC(=O)[O-].C[N+](C)(C)C. The molecule has 1 rings (SSSR count). The zero-order valence-corrected chi connectivity index (χ0v) is 10.7. The van der Waals surface area contributed by atoms with E-state index < -0.39 is 5.97 Å². The van der Waals surface area contributed by atoms with Crippen molar-refractivity contribution in [2.75, 3.05) is 41.4 Å². The summed E-state index contributed by atoms with van der Waals surface area (Å²) < 4.78 is 5.50. The average Bonchev–Trinajstić information content (AvgIpc) is 2.82. The molecule has 0 saturated carbocycles. The van der Waals surface area contributed by atoms with Gasteiger partial charge in [0.2, 0.25) is 0 Å². The van der Waals surface area contributed by atoms with Crippen LogP contribution in [0.2, 0.25) is 0 Å². The van der Waals surface area contributed by atoms with Crippen molar-refractivity contribution < 1.29 is 19.1 Å². The van der Waals surface area contributed by atoms with Gasteiger partial charge in [0, 0.05) is 5.97 Å². The van der Waals surface area contributed by atoms with E-state index in [0.29, 0.717) is 0 Å². The van der Waals surface area contributed by atoms with Crippen LogP contribution in [0.25, 0.3) is 0 Å². The van der Waals surface area contributed by atoms with Gasteiger partial charge in [-0.2, -0.15) is 0 Å². The van der Waals surface area contributed by atoms with Crippen LogP contribution in [0.15, 0.2) is 0 Å². The van der Waals surface area contributed by atoms with Gasteiger partial charge in [0.05, 0.1) is 41.4 Å². The topological polar surface area (TPSA) is 52.7 Å². The summed E-state index contributed by atoms with van der Waals surface area (Å²) in [4.78, 5) is 9.65. The van der Waals surface area contributed by atoms with E-state index in [1.54, 1.807) is 0 Å². The molecule has 1 fully saturated rings. The summed E-state index contributed by atoms with van der Waals surface area (Å²) >= 11 is 0. The molecule has 0 aromatic rings. The third kappa shape index (κ3) is 90.1. The fourth-order valence-electron chi connectivity index (χ4n) is 0.321. The smallest absolute Gasteiger partial charge is 0.0701 e. The predicted molar refractivity (Wildman–Crippen MR) is 59.3 cm³/mol. The summed E-state index contributed by atoms with van der Waals surface area (Å²) in [5, 5.41) is 9.65. The number of hydrogen-bond donors (Lipinski definition) is 0. The maximum absolute atomic E-state index is 9.65. The fraction of sp³-hybridized carbons (Fsp3) is 0.909. The molecule has 1 aliphatic rings. The fourth-order valence-corrected chi connectivity index (χ4v) is 0.321. The van der Waals surface area contributed by atoms with E-state index in [2.05, 4.69) is 32.9 Å². The van der Waals surface area contributed by atoms with Gasteiger partial charge in [-0.1, -0.05) is 13.3 Å². The number of hydrogen-bond acceptors (Lipinski definition) is 3. The molecule has 4 heteroatoms. The van der Waals surface area contributed by atoms with E-state index in [4.69, 9.17) is 0 Å². The standard InChI is InChI=1S/C5H10O2.C4H12N.C2H4O/c1-2-3-4-5(6)7;1-5(2,3)4;1-2-3-1/h2-4H2,1H3,(H,6,7);1-4H3;1-2H2/q;+1;/p-1. The minimum Gasteiger partial charge on any atom is -0.550 e. The molecule has 0 aromatic heterocycles. The molecule has 0 bridgehead atoms. The molecule has 0 radical (unpaired) electrons. The van der Waals surface area contributed by atoms with Gasteiger partial charge in [0.25, 0.3) is 0 Å². The van der Waals surface area contributed by atoms with Gasteiger partial charge in [-0.3, -0.25) is 0 Å². The summed E-state index contributed by atoms with van der Waals surface area (Å²) in [5.41, 5.74) is 0. The second-order valence-corrected chi connectivity index (χ2v) is 4.77. The van der Waals surface area contributed by atoms with Crippen molar-refractivity contribution in [3.63, 3.8) is 0 Å². The Bertz CT molecular complexity index is 142. The third-order valence-corrected chi connectivity index (χ3v) is 0.939. The average molecular weight is 219 g/mol. The summed E-state index contributed by atoms with van der Waals surface area (Å²) in [7, 11) is 8.50. The molecule has 1 aliphatic heterocycles. The van der Waals surface area contributed by atoms with Crippen LogP contribution in [0.4, 0.5) is 0 Å². The monoisotopic (exact) mass is 219 g/mol. The maximum atomic E-state index is 9.65. The lowest BCUT2D eigenvalue weighted by Gasteiger charge is -2.14. The molecule has 0 unspecified atom stereocenters. The molecule has 0 atom stereocenters. The Morgan fingerprint density at radius 1 is 1.27 bits per heavy atom. The van der Waals surface area contributed by atoms with E-state index >= 15 is 0 Å². The number of carbonyl (C=O) groups is 1. The number of nitrogens with zero attached hydrogens (tertiary/aromatic N) is 1. The first-order valence-electron chi connectivity index (χ1n) is 5.34. The molecular formula is C11H25NO3. The molecular weight excluding hydrogens is 194 g/mol. The number of aliphatic carboxylic acids is 1. The first kappa shape index (κ1) is 16.8. The van der Waals surface area contributed by atoms with Crippen molar-refractivity contribution in [3.05, 3.63) is 0 Å². The second kappa shape index (κ2) is 9.93. The van der Waals surface area contributed by atoms with Gasteiger partial charge < -0.3 is 19.1 Å². The number of carbonyl (C=O) groups excluding carboxylic acids is 1. The molecule has 4 nitrogen and oxygen atoms in total. The summed E-state index contributed by atoms with van der Waals surface area (Å²) in [5.74, 6) is -0.943. The Kier molecular flexibility index (Phi) is 11.1. The molecule has 1 heterocycles. The number of unbranched alkanes of at least 4 members (excludes halogenated alkanes) is 1. The van der Waals surface area contributed by atoms with E-state index in [1.165, 1.54) is 0 Å². The quantitative estimate of drug-likeness (QED) is 0.505. The number of epoxide rings is 1. The van der Waals surface area contributed by atoms with Crippen molar-refractivity contribution in [2.45, 2.75) is 26.2 Å².